The highest BCUT2D eigenvalue weighted by Gasteiger charge is 1.92. The van der Waals surface area contributed by atoms with E-state index in [0.29, 0.717) is 12.0 Å². The van der Waals surface area contributed by atoms with Gasteiger partial charge < -0.3 is 4.42 Å². The minimum Gasteiger partial charge on any atom is -0.462 e. The number of hydrogen-bond donors (Lipinski definition) is 0. The SMILES string of the molecule is CC(=O)c1ccccc1.O=Cc1ccco1. The molecule has 0 unspecified atom stereocenters. The van der Waals surface area contributed by atoms with Crippen LogP contribution >= 0.6 is 0 Å². The molecule has 0 radical (unpaired) electrons. The first-order valence-corrected chi connectivity index (χ1v) is 4.78. The highest BCUT2D eigenvalue weighted by molar-refractivity contribution is 5.93. The quantitative estimate of drug-likeness (QED) is 0.572. The van der Waals surface area contributed by atoms with Crippen LogP contribution in [0.25, 0.3) is 0 Å². The molecule has 0 bridgehead atoms. The number of carbonyl (C=O) groups excluding carboxylic acids is 2. The highest BCUT2D eigenvalue weighted by atomic mass is 16.3. The molecule has 0 spiro atoms. The van der Waals surface area contributed by atoms with E-state index in [0.717, 1.165) is 5.56 Å². The Hall–Kier alpha value is -2.16. The average Bonchev–Trinajstić information content (AvgIpc) is 2.84. The summed E-state index contributed by atoms with van der Waals surface area (Å²) in [4.78, 5) is 20.4. The third-order valence-electron chi connectivity index (χ3n) is 1.84. The van der Waals surface area contributed by atoms with E-state index in [9.17, 15) is 9.59 Å². The molecule has 1 heterocycles. The van der Waals surface area contributed by atoms with Gasteiger partial charge in [-0.25, -0.2) is 0 Å². The van der Waals surface area contributed by atoms with Crippen LogP contribution in [0.1, 0.15) is 27.8 Å². The van der Waals surface area contributed by atoms with Gasteiger partial charge in [0.05, 0.1) is 6.26 Å². The lowest BCUT2D eigenvalue weighted by molar-refractivity contribution is 0.101. The summed E-state index contributed by atoms with van der Waals surface area (Å²) in [5.41, 5.74) is 0.775. The molecular weight excluding hydrogens is 204 g/mol. The third-order valence-corrected chi connectivity index (χ3v) is 1.84. The van der Waals surface area contributed by atoms with E-state index >= 15 is 0 Å². The van der Waals surface area contributed by atoms with Crippen LogP contribution in [0.5, 0.6) is 0 Å². The number of furan rings is 1. The summed E-state index contributed by atoms with van der Waals surface area (Å²) in [5, 5.41) is 0. The summed E-state index contributed by atoms with van der Waals surface area (Å²) < 4.78 is 4.61. The van der Waals surface area contributed by atoms with Crippen LogP contribution < -0.4 is 0 Å². The molecule has 0 saturated heterocycles. The lowest BCUT2D eigenvalue weighted by atomic mass is 10.2. The summed E-state index contributed by atoms with van der Waals surface area (Å²) in [6.07, 6.45) is 2.13. The van der Waals surface area contributed by atoms with Crippen molar-refractivity contribution in [2.45, 2.75) is 6.92 Å². The zero-order chi connectivity index (χ0) is 11.8. The second kappa shape index (κ2) is 6.35. The van der Waals surface area contributed by atoms with Crippen molar-refractivity contribution < 1.29 is 14.0 Å². The van der Waals surface area contributed by atoms with Gasteiger partial charge in [-0.1, -0.05) is 30.3 Å². The van der Waals surface area contributed by atoms with Crippen molar-refractivity contribution in [1.82, 2.24) is 0 Å². The topological polar surface area (TPSA) is 47.3 Å². The van der Waals surface area contributed by atoms with Gasteiger partial charge in [-0.2, -0.15) is 0 Å². The fourth-order valence-electron chi connectivity index (χ4n) is 1.03. The number of benzene rings is 1. The second-order valence-corrected chi connectivity index (χ2v) is 3.06. The lowest BCUT2D eigenvalue weighted by Gasteiger charge is -1.89. The number of ketones is 1. The molecule has 16 heavy (non-hydrogen) atoms. The summed E-state index contributed by atoms with van der Waals surface area (Å²) in [6.45, 7) is 1.56. The van der Waals surface area contributed by atoms with Crippen LogP contribution in [0.3, 0.4) is 0 Å². The van der Waals surface area contributed by atoms with Gasteiger partial charge in [0.25, 0.3) is 0 Å². The molecule has 0 saturated carbocycles. The van der Waals surface area contributed by atoms with E-state index in [2.05, 4.69) is 4.42 Å². The molecule has 2 rings (SSSR count). The fourth-order valence-corrected chi connectivity index (χ4v) is 1.03. The Balaban J connectivity index is 0.000000165. The summed E-state index contributed by atoms with van der Waals surface area (Å²) >= 11 is 0. The molecule has 0 N–H and O–H groups in total. The van der Waals surface area contributed by atoms with Crippen LogP contribution in [-0.4, -0.2) is 12.1 Å². The number of aldehydes is 1. The van der Waals surface area contributed by atoms with E-state index in [1.807, 2.05) is 30.3 Å². The van der Waals surface area contributed by atoms with Gasteiger partial charge in [-0.15, -0.1) is 0 Å². The first kappa shape index (κ1) is 11.9. The van der Waals surface area contributed by atoms with Gasteiger partial charge in [0.2, 0.25) is 0 Å². The van der Waals surface area contributed by atoms with E-state index in [4.69, 9.17) is 0 Å². The molecule has 0 atom stereocenters. The van der Waals surface area contributed by atoms with Crippen molar-refractivity contribution in [2.24, 2.45) is 0 Å². The molecule has 0 amide bonds. The van der Waals surface area contributed by atoms with Gasteiger partial charge in [0.1, 0.15) is 0 Å². The maximum atomic E-state index is 10.6. The summed E-state index contributed by atoms with van der Waals surface area (Å²) in [6, 6.07) is 12.5. The Morgan fingerprint density at radius 2 is 1.81 bits per heavy atom. The van der Waals surface area contributed by atoms with Gasteiger partial charge in [-0.3, -0.25) is 9.59 Å². The second-order valence-electron chi connectivity index (χ2n) is 3.06. The van der Waals surface area contributed by atoms with Crippen LogP contribution in [-0.2, 0) is 0 Å². The van der Waals surface area contributed by atoms with Gasteiger partial charge in [0.15, 0.2) is 17.8 Å². The molecule has 0 aliphatic rings. The zero-order valence-corrected chi connectivity index (χ0v) is 8.92. The van der Waals surface area contributed by atoms with Crippen molar-refractivity contribution in [1.29, 1.82) is 0 Å². The maximum absolute atomic E-state index is 10.6. The van der Waals surface area contributed by atoms with Crippen LogP contribution in [0.2, 0.25) is 0 Å². The Bertz CT molecular complexity index is 429. The normalized spacial score (nSPS) is 8.81. The molecule has 0 aliphatic heterocycles. The fraction of sp³-hybridized carbons (Fsp3) is 0.0769. The minimum atomic E-state index is 0.121. The number of Topliss-reactive ketones (excluding diaryl/α,β-unsaturated/α-hetero) is 1. The molecule has 1 aromatic carbocycles. The molecule has 3 heteroatoms. The third kappa shape index (κ3) is 3.92. The van der Waals surface area contributed by atoms with Crippen molar-refractivity contribution >= 4 is 12.1 Å². The van der Waals surface area contributed by atoms with Crippen LogP contribution in [0, 0.1) is 0 Å². The van der Waals surface area contributed by atoms with Crippen LogP contribution in [0.15, 0.2) is 53.1 Å². The minimum absolute atomic E-state index is 0.121. The summed E-state index contributed by atoms with van der Waals surface area (Å²) in [5.74, 6) is 0.496. The molecule has 82 valence electrons. The maximum Gasteiger partial charge on any atom is 0.185 e. The first-order chi connectivity index (χ1) is 7.74. The summed E-state index contributed by atoms with van der Waals surface area (Å²) in [7, 11) is 0. The molecule has 0 aliphatic carbocycles. The van der Waals surface area contributed by atoms with Crippen molar-refractivity contribution in [3.05, 3.63) is 60.1 Å². The predicted octanol–water partition coefficient (Wildman–Crippen LogP) is 2.98. The largest absolute Gasteiger partial charge is 0.462 e. The number of rotatable bonds is 2. The standard InChI is InChI=1S/C8H8O.C5H4O2/c1-7(9)8-5-3-2-4-6-8;6-4-5-2-1-3-7-5/h2-6H,1H3;1-4H. The molecular formula is C13H12O3. The van der Waals surface area contributed by atoms with Gasteiger partial charge in [0, 0.05) is 5.56 Å². The van der Waals surface area contributed by atoms with E-state index in [1.54, 1.807) is 19.1 Å². The predicted molar refractivity (Wildman–Crippen MR) is 60.5 cm³/mol. The number of hydrogen-bond acceptors (Lipinski definition) is 3. The molecule has 1 aromatic heterocycles. The molecule has 3 nitrogen and oxygen atoms in total. The Morgan fingerprint density at radius 1 is 1.12 bits per heavy atom. The van der Waals surface area contributed by atoms with Crippen molar-refractivity contribution in [2.75, 3.05) is 0 Å². The average molecular weight is 216 g/mol. The monoisotopic (exact) mass is 216 g/mol. The molecule has 0 fully saturated rings. The Labute approximate surface area is 93.7 Å². The first-order valence-electron chi connectivity index (χ1n) is 4.78. The van der Waals surface area contributed by atoms with E-state index in [1.165, 1.54) is 6.26 Å². The Kier molecular flexibility index (Phi) is 4.73. The van der Waals surface area contributed by atoms with Gasteiger partial charge >= 0.3 is 0 Å². The number of carbonyl (C=O) groups is 2. The lowest BCUT2D eigenvalue weighted by Crippen LogP contribution is -1.88. The zero-order valence-electron chi connectivity index (χ0n) is 8.92. The van der Waals surface area contributed by atoms with E-state index in [-0.39, 0.29) is 5.78 Å². The van der Waals surface area contributed by atoms with Crippen molar-refractivity contribution in [3.63, 3.8) is 0 Å². The Morgan fingerprint density at radius 3 is 2.12 bits per heavy atom. The van der Waals surface area contributed by atoms with Crippen LogP contribution in [0.4, 0.5) is 0 Å². The molecule has 2 aromatic rings. The van der Waals surface area contributed by atoms with E-state index < -0.39 is 0 Å². The highest BCUT2D eigenvalue weighted by Crippen LogP contribution is 1.97. The smallest absolute Gasteiger partial charge is 0.185 e. The van der Waals surface area contributed by atoms with Gasteiger partial charge in [-0.05, 0) is 19.1 Å². The van der Waals surface area contributed by atoms with Crippen molar-refractivity contribution in [3.8, 4) is 0 Å².